The van der Waals surface area contributed by atoms with E-state index in [0.717, 1.165) is 33.5 Å². The molecule has 0 aliphatic carbocycles. The molecule has 0 atom stereocenters. The number of nitrogens with zero attached hydrogens (tertiary/aromatic N) is 2. The molecule has 0 spiro atoms. The Hall–Kier alpha value is -4.32. The maximum absolute atomic E-state index is 14.0. The molecule has 13 heteroatoms. The van der Waals surface area contributed by atoms with Crippen molar-refractivity contribution in [1.29, 1.82) is 0 Å². The first-order chi connectivity index (χ1) is 24.1. The number of carbonyl (C=O) groups excluding carboxylic acids is 2. The smallest absolute Gasteiger partial charge is 0.281 e. The highest BCUT2D eigenvalue weighted by atomic mass is 35.5. The fourth-order valence-electron chi connectivity index (χ4n) is 6.25. The minimum Gasteiger partial charge on any atom is -0.494 e. The van der Waals surface area contributed by atoms with Crippen molar-refractivity contribution in [2.75, 3.05) is 6.61 Å². The molecule has 0 unspecified atom stereocenters. The quantitative estimate of drug-likeness (QED) is 0.105. The van der Waals surface area contributed by atoms with Gasteiger partial charge in [-0.15, -0.1) is 0 Å². The van der Waals surface area contributed by atoms with E-state index in [0.29, 0.717) is 63.9 Å². The number of fused-ring (bicyclic) bond motifs is 1. The van der Waals surface area contributed by atoms with E-state index in [2.05, 4.69) is 20.1 Å². The van der Waals surface area contributed by atoms with Crippen molar-refractivity contribution >= 4 is 55.9 Å². The maximum Gasteiger partial charge on any atom is 0.281 e. The second-order valence-corrected chi connectivity index (χ2v) is 15.7. The van der Waals surface area contributed by atoms with Crippen LogP contribution in [0.2, 0.25) is 10.0 Å². The lowest BCUT2D eigenvalue weighted by Gasteiger charge is -2.11. The third-order valence-electron chi connectivity index (χ3n) is 8.79. The van der Waals surface area contributed by atoms with Crippen LogP contribution in [0.4, 0.5) is 0 Å². The van der Waals surface area contributed by atoms with Gasteiger partial charge in [-0.2, -0.15) is 5.10 Å². The largest absolute Gasteiger partial charge is 0.494 e. The molecule has 5 rings (SSSR count). The third kappa shape index (κ3) is 8.43. The van der Waals surface area contributed by atoms with E-state index in [4.69, 9.17) is 27.9 Å². The molecule has 10 nitrogen and oxygen atoms in total. The first kappa shape index (κ1) is 37.9. The van der Waals surface area contributed by atoms with Crippen molar-refractivity contribution in [2.24, 2.45) is 13.0 Å². The molecule has 0 radical (unpaired) electrons. The summed E-state index contributed by atoms with van der Waals surface area (Å²) in [5.41, 5.74) is 6.89. The Morgan fingerprint density at radius 1 is 1.00 bits per heavy atom. The number of hydrogen-bond acceptors (Lipinski definition) is 6. The molecule has 2 heterocycles. The topological polar surface area (TPSA) is 135 Å². The molecular weight excluding hydrogens is 709 g/mol. The number of aromatic amines is 1. The Morgan fingerprint density at radius 2 is 1.71 bits per heavy atom. The Labute approximate surface area is 308 Å². The Bertz CT molecular complexity index is 2220. The minimum atomic E-state index is -4.30. The molecule has 0 fully saturated rings. The van der Waals surface area contributed by atoms with Gasteiger partial charge in [0.05, 0.1) is 27.7 Å². The van der Waals surface area contributed by atoms with Crippen molar-refractivity contribution < 1.29 is 22.7 Å². The first-order valence-corrected chi connectivity index (χ1v) is 19.0. The number of H-pyrrole nitrogens is 1. The summed E-state index contributed by atoms with van der Waals surface area (Å²) < 4.78 is 37.3. The van der Waals surface area contributed by atoms with E-state index < -0.39 is 15.9 Å². The Kier molecular flexibility index (Phi) is 11.5. The molecule has 270 valence electrons. The van der Waals surface area contributed by atoms with Crippen LogP contribution >= 0.6 is 23.2 Å². The van der Waals surface area contributed by atoms with Crippen molar-refractivity contribution in [1.82, 2.24) is 24.8 Å². The van der Waals surface area contributed by atoms with Gasteiger partial charge in [0.1, 0.15) is 11.4 Å². The van der Waals surface area contributed by atoms with Crippen LogP contribution in [0.3, 0.4) is 0 Å². The lowest BCUT2D eigenvalue weighted by Crippen LogP contribution is -2.31. The van der Waals surface area contributed by atoms with E-state index in [1.807, 2.05) is 66.8 Å². The van der Waals surface area contributed by atoms with Crippen molar-refractivity contribution in [3.8, 4) is 16.9 Å². The van der Waals surface area contributed by atoms with Gasteiger partial charge in [-0.05, 0) is 99.0 Å². The third-order valence-corrected chi connectivity index (χ3v) is 11.0. The second kappa shape index (κ2) is 15.5. The summed E-state index contributed by atoms with van der Waals surface area (Å²) >= 11 is 13.2. The summed E-state index contributed by atoms with van der Waals surface area (Å²) in [6, 6.07) is 13.5. The van der Waals surface area contributed by atoms with Gasteiger partial charge in [-0.3, -0.25) is 14.3 Å². The summed E-state index contributed by atoms with van der Waals surface area (Å²) in [4.78, 5) is 29.3. The second-order valence-electron chi connectivity index (χ2n) is 13.3. The predicted octanol–water partition coefficient (Wildman–Crippen LogP) is 7.90. The summed E-state index contributed by atoms with van der Waals surface area (Å²) in [6.45, 7) is 12.1. The summed E-state index contributed by atoms with van der Waals surface area (Å²) in [5.74, 6) is -0.0625. The van der Waals surface area contributed by atoms with Crippen molar-refractivity contribution in [3.05, 3.63) is 97.9 Å². The number of hydrogen-bond donors (Lipinski definition) is 3. The normalized spacial score (nSPS) is 11.7. The van der Waals surface area contributed by atoms with Gasteiger partial charge in [-0.25, -0.2) is 13.1 Å². The molecule has 0 saturated heterocycles. The van der Waals surface area contributed by atoms with Gasteiger partial charge in [-0.1, -0.05) is 55.2 Å². The molecular formula is C38H43Cl2N5O5S. The molecule has 3 N–H and O–H groups in total. The zero-order valence-electron chi connectivity index (χ0n) is 29.8. The number of sulfonamides is 1. The van der Waals surface area contributed by atoms with E-state index in [1.54, 1.807) is 22.9 Å². The fourth-order valence-corrected chi connectivity index (χ4v) is 7.64. The van der Waals surface area contributed by atoms with Crippen molar-refractivity contribution in [3.63, 3.8) is 0 Å². The zero-order valence-corrected chi connectivity index (χ0v) is 32.2. The monoisotopic (exact) mass is 751 g/mol. The van der Waals surface area contributed by atoms with Gasteiger partial charge in [0.15, 0.2) is 0 Å². The number of carbonyl (C=O) groups is 2. The molecule has 2 amide bonds. The van der Waals surface area contributed by atoms with Gasteiger partial charge in [0, 0.05) is 47.2 Å². The molecule has 5 aromatic rings. The summed E-state index contributed by atoms with van der Waals surface area (Å²) in [6.07, 6.45) is 1.28. The number of nitrogens with one attached hydrogen (secondary N) is 3. The van der Waals surface area contributed by atoms with Crippen molar-refractivity contribution in [2.45, 2.75) is 72.2 Å². The van der Waals surface area contributed by atoms with E-state index in [-0.39, 0.29) is 29.0 Å². The molecule has 0 saturated carbocycles. The standard InChI is InChI=1S/C38H43Cl2N5O5S/c1-21(2)16-32(46)41-20-26-10-8-11-28(19-26)51(48,49)44-38(47)37-29(12-9-15-50-27-17-22(3)35(40)23(4)18-27)30-13-14-31(39)34(36(30)42-37)33-24(5)43-45(7)25(33)6/h8,10-11,13-14,17-19,21,42H,9,12,15-16,20H2,1-7H3,(H,41,46)(H,44,47). The number of rotatable bonds is 13. The van der Waals surface area contributed by atoms with Crippen LogP contribution in [0.15, 0.2) is 53.4 Å². The molecule has 51 heavy (non-hydrogen) atoms. The fraction of sp³-hybridized carbons (Fsp3) is 0.342. The van der Waals surface area contributed by atoms with Crippen LogP contribution in [0.1, 0.15) is 70.8 Å². The summed E-state index contributed by atoms with van der Waals surface area (Å²) in [5, 5.41) is 9.27. The average Bonchev–Trinajstić information content (AvgIpc) is 3.55. The highest BCUT2D eigenvalue weighted by Crippen LogP contribution is 2.40. The molecule has 2 aromatic heterocycles. The van der Waals surface area contributed by atoms with Gasteiger partial charge in [0.2, 0.25) is 5.91 Å². The van der Waals surface area contributed by atoms with Crippen LogP contribution < -0.4 is 14.8 Å². The number of aryl methyl sites for hydroxylation is 5. The average molecular weight is 753 g/mol. The minimum absolute atomic E-state index is 0.101. The molecule has 0 aliphatic heterocycles. The highest BCUT2D eigenvalue weighted by Gasteiger charge is 2.27. The number of aromatic nitrogens is 3. The van der Waals surface area contributed by atoms with E-state index in [9.17, 15) is 18.0 Å². The van der Waals surface area contributed by atoms with Crippen LogP contribution in [0.5, 0.6) is 5.75 Å². The number of ether oxygens (including phenoxy) is 1. The van der Waals surface area contributed by atoms with Gasteiger partial charge >= 0.3 is 0 Å². The maximum atomic E-state index is 14.0. The predicted molar refractivity (Wildman–Crippen MR) is 202 cm³/mol. The Morgan fingerprint density at radius 3 is 2.35 bits per heavy atom. The lowest BCUT2D eigenvalue weighted by atomic mass is 9.98. The molecule has 3 aromatic carbocycles. The molecule has 0 aliphatic rings. The Balaban J connectivity index is 1.47. The summed E-state index contributed by atoms with van der Waals surface area (Å²) in [7, 11) is -2.45. The molecule has 0 bridgehead atoms. The number of amides is 2. The van der Waals surface area contributed by atoms with Crippen LogP contribution in [0, 0.1) is 33.6 Å². The number of benzene rings is 3. The number of halogens is 2. The van der Waals surface area contributed by atoms with Crippen LogP contribution in [-0.4, -0.2) is 41.6 Å². The zero-order chi connectivity index (χ0) is 37.2. The lowest BCUT2D eigenvalue weighted by molar-refractivity contribution is -0.121. The highest BCUT2D eigenvalue weighted by molar-refractivity contribution is 7.90. The van der Waals surface area contributed by atoms with Gasteiger partial charge in [0.25, 0.3) is 15.9 Å². The van der Waals surface area contributed by atoms with E-state index in [1.165, 1.54) is 12.1 Å². The van der Waals surface area contributed by atoms with Crippen LogP contribution in [-0.2, 0) is 34.8 Å². The SMILES string of the molecule is Cc1cc(OCCCc2c(C(=O)NS(=O)(=O)c3cccc(CNC(=O)CC(C)C)c3)[nH]c3c(-c4c(C)nn(C)c4C)c(Cl)ccc23)cc(C)c1Cl. The first-order valence-electron chi connectivity index (χ1n) is 16.7. The van der Waals surface area contributed by atoms with E-state index >= 15 is 0 Å². The van der Waals surface area contributed by atoms with Gasteiger partial charge < -0.3 is 15.0 Å². The van der Waals surface area contributed by atoms with Crippen LogP contribution in [0.25, 0.3) is 22.0 Å².